The zero-order valence-electron chi connectivity index (χ0n) is 7.15. The maximum atomic E-state index is 10.6. The van der Waals surface area contributed by atoms with Crippen LogP contribution in [0.2, 0.25) is 0 Å². The van der Waals surface area contributed by atoms with Crippen molar-refractivity contribution in [1.82, 2.24) is 4.90 Å². The number of hydrogen-bond acceptors (Lipinski definition) is 3. The molecular weight excluding hydrogens is 176 g/mol. The number of aliphatic imine (C=N–C) groups is 1. The van der Waals surface area contributed by atoms with Gasteiger partial charge in [-0.15, -0.1) is 11.8 Å². The largest absolute Gasteiger partial charge is 0.465 e. The second kappa shape index (κ2) is 3.80. The van der Waals surface area contributed by atoms with Gasteiger partial charge in [-0.2, -0.15) is 0 Å². The predicted molar refractivity (Wildman–Crippen MR) is 50.0 cm³/mol. The van der Waals surface area contributed by atoms with Crippen molar-refractivity contribution in [3.05, 3.63) is 0 Å². The first-order valence-electron chi connectivity index (χ1n) is 3.72. The predicted octanol–water partition coefficient (Wildman–Crippen LogP) is 1.13. The number of amides is 1. The average molecular weight is 188 g/mol. The molecule has 0 unspecified atom stereocenters. The fourth-order valence-corrected chi connectivity index (χ4v) is 1.71. The van der Waals surface area contributed by atoms with Crippen LogP contribution in [0.25, 0.3) is 0 Å². The molecule has 1 aliphatic heterocycles. The van der Waals surface area contributed by atoms with Gasteiger partial charge in [0.2, 0.25) is 0 Å². The molecular formula is C7H12N2O2S. The molecule has 12 heavy (non-hydrogen) atoms. The molecule has 0 aromatic rings. The average Bonchev–Trinajstić information content (AvgIpc) is 2.03. The molecule has 0 aliphatic carbocycles. The normalized spacial score (nSPS) is 23.7. The summed E-state index contributed by atoms with van der Waals surface area (Å²) in [5.74, 6) is 0. The van der Waals surface area contributed by atoms with Gasteiger partial charge < -0.3 is 5.11 Å². The van der Waals surface area contributed by atoms with Gasteiger partial charge in [0.15, 0.2) is 0 Å². The first-order chi connectivity index (χ1) is 5.63. The highest BCUT2D eigenvalue weighted by Gasteiger charge is 2.21. The van der Waals surface area contributed by atoms with Crippen LogP contribution in [-0.4, -0.2) is 46.5 Å². The lowest BCUT2D eigenvalue weighted by atomic mass is 10.3. The minimum Gasteiger partial charge on any atom is -0.465 e. The summed E-state index contributed by atoms with van der Waals surface area (Å²) < 4.78 is 0. The fraction of sp³-hybridized carbons (Fsp3) is 0.714. The molecule has 1 amide bonds. The van der Waals surface area contributed by atoms with E-state index in [1.165, 1.54) is 16.7 Å². The lowest BCUT2D eigenvalue weighted by Crippen LogP contribution is -2.42. The lowest BCUT2D eigenvalue weighted by molar-refractivity contribution is 0.148. The molecule has 0 saturated heterocycles. The smallest absolute Gasteiger partial charge is 0.407 e. The van der Waals surface area contributed by atoms with Crippen molar-refractivity contribution in [2.75, 3.05) is 19.3 Å². The third-order valence-electron chi connectivity index (χ3n) is 1.68. The van der Waals surface area contributed by atoms with Crippen LogP contribution < -0.4 is 0 Å². The molecule has 0 bridgehead atoms. The SMILES string of the molecule is CSC1=N[C@@H](C)CN(C(=O)O)C1. The van der Waals surface area contributed by atoms with E-state index >= 15 is 0 Å². The van der Waals surface area contributed by atoms with E-state index in [2.05, 4.69) is 4.99 Å². The van der Waals surface area contributed by atoms with Crippen LogP contribution in [-0.2, 0) is 0 Å². The van der Waals surface area contributed by atoms with Gasteiger partial charge in [0.1, 0.15) is 0 Å². The Balaban J connectivity index is 2.65. The quantitative estimate of drug-likeness (QED) is 0.620. The molecule has 0 fully saturated rings. The van der Waals surface area contributed by atoms with Gasteiger partial charge in [-0.05, 0) is 13.2 Å². The van der Waals surface area contributed by atoms with Crippen LogP contribution in [0.5, 0.6) is 0 Å². The lowest BCUT2D eigenvalue weighted by Gasteiger charge is -2.26. The summed E-state index contributed by atoms with van der Waals surface area (Å²) in [7, 11) is 0. The van der Waals surface area contributed by atoms with E-state index < -0.39 is 6.09 Å². The molecule has 0 saturated carbocycles. The first kappa shape index (κ1) is 9.38. The third kappa shape index (κ3) is 2.14. The number of carboxylic acid groups (broad SMARTS) is 1. The number of rotatable bonds is 0. The summed E-state index contributed by atoms with van der Waals surface area (Å²) in [6.45, 7) is 2.88. The van der Waals surface area contributed by atoms with Crippen LogP contribution in [0.3, 0.4) is 0 Å². The standard InChI is InChI=1S/C7H12N2O2S/c1-5-3-9(7(10)11)4-6(8-5)12-2/h5H,3-4H2,1-2H3,(H,10,11)/t5-/m0/s1. The molecule has 1 N–H and O–H groups in total. The Hall–Kier alpha value is -0.710. The van der Waals surface area contributed by atoms with Crippen molar-refractivity contribution >= 4 is 22.9 Å². The summed E-state index contributed by atoms with van der Waals surface area (Å²) in [6, 6.07) is 0.0947. The van der Waals surface area contributed by atoms with Crippen molar-refractivity contribution in [3.63, 3.8) is 0 Å². The van der Waals surface area contributed by atoms with Crippen molar-refractivity contribution in [2.24, 2.45) is 4.99 Å². The Labute approximate surface area is 75.7 Å². The maximum absolute atomic E-state index is 10.6. The summed E-state index contributed by atoms with van der Waals surface area (Å²) in [5, 5.41) is 9.63. The Kier molecular flexibility index (Phi) is 2.97. The summed E-state index contributed by atoms with van der Waals surface area (Å²) in [4.78, 5) is 16.3. The van der Waals surface area contributed by atoms with Crippen LogP contribution in [0, 0.1) is 0 Å². The Morgan fingerprint density at radius 3 is 3.00 bits per heavy atom. The van der Waals surface area contributed by atoms with E-state index in [9.17, 15) is 4.79 Å². The second-order valence-electron chi connectivity index (χ2n) is 2.74. The molecule has 5 heteroatoms. The van der Waals surface area contributed by atoms with Crippen LogP contribution in [0.1, 0.15) is 6.92 Å². The van der Waals surface area contributed by atoms with Crippen LogP contribution in [0.15, 0.2) is 4.99 Å². The first-order valence-corrected chi connectivity index (χ1v) is 4.94. The van der Waals surface area contributed by atoms with Gasteiger partial charge in [0.05, 0.1) is 17.6 Å². The van der Waals surface area contributed by atoms with Gasteiger partial charge in [0.25, 0.3) is 0 Å². The second-order valence-corrected chi connectivity index (χ2v) is 3.62. The maximum Gasteiger partial charge on any atom is 0.407 e. The summed E-state index contributed by atoms with van der Waals surface area (Å²) in [6.07, 6.45) is 1.06. The van der Waals surface area contributed by atoms with Crippen molar-refractivity contribution < 1.29 is 9.90 Å². The molecule has 0 aromatic heterocycles. The van der Waals surface area contributed by atoms with Crippen molar-refractivity contribution in [2.45, 2.75) is 13.0 Å². The highest BCUT2D eigenvalue weighted by atomic mass is 32.2. The molecule has 1 aliphatic rings. The Morgan fingerprint density at radius 1 is 1.83 bits per heavy atom. The van der Waals surface area contributed by atoms with E-state index in [-0.39, 0.29) is 6.04 Å². The van der Waals surface area contributed by atoms with Crippen molar-refractivity contribution in [3.8, 4) is 0 Å². The zero-order chi connectivity index (χ0) is 9.14. The number of thioether (sulfide) groups is 1. The van der Waals surface area contributed by atoms with Gasteiger partial charge in [-0.1, -0.05) is 0 Å². The highest BCUT2D eigenvalue weighted by Crippen LogP contribution is 2.11. The van der Waals surface area contributed by atoms with Gasteiger partial charge in [-0.3, -0.25) is 9.89 Å². The zero-order valence-corrected chi connectivity index (χ0v) is 7.97. The fourth-order valence-electron chi connectivity index (χ4n) is 1.14. The topological polar surface area (TPSA) is 52.9 Å². The van der Waals surface area contributed by atoms with Gasteiger partial charge in [0, 0.05) is 6.54 Å². The molecule has 1 heterocycles. The van der Waals surface area contributed by atoms with Crippen LogP contribution in [0.4, 0.5) is 4.79 Å². The number of hydrogen-bond donors (Lipinski definition) is 1. The molecule has 0 aromatic carbocycles. The minimum absolute atomic E-state index is 0.0947. The molecule has 1 rings (SSSR count). The number of carbonyl (C=O) groups is 1. The third-order valence-corrected chi connectivity index (χ3v) is 2.39. The van der Waals surface area contributed by atoms with Crippen LogP contribution >= 0.6 is 11.8 Å². The monoisotopic (exact) mass is 188 g/mol. The Morgan fingerprint density at radius 2 is 2.50 bits per heavy atom. The minimum atomic E-state index is -0.858. The molecule has 1 atom stereocenters. The van der Waals surface area contributed by atoms with Crippen molar-refractivity contribution in [1.29, 1.82) is 0 Å². The van der Waals surface area contributed by atoms with E-state index in [1.54, 1.807) is 0 Å². The Bertz CT molecular complexity index is 217. The van der Waals surface area contributed by atoms with E-state index in [1.807, 2.05) is 13.2 Å². The van der Waals surface area contributed by atoms with Gasteiger partial charge >= 0.3 is 6.09 Å². The van der Waals surface area contributed by atoms with E-state index in [0.717, 1.165) is 5.04 Å². The summed E-state index contributed by atoms with van der Waals surface area (Å²) in [5.41, 5.74) is 0. The number of nitrogens with zero attached hydrogens (tertiary/aromatic N) is 2. The molecule has 0 radical (unpaired) electrons. The van der Waals surface area contributed by atoms with E-state index in [4.69, 9.17) is 5.11 Å². The molecule has 0 spiro atoms. The van der Waals surface area contributed by atoms with E-state index in [0.29, 0.717) is 13.1 Å². The summed E-state index contributed by atoms with van der Waals surface area (Å²) >= 11 is 1.52. The molecule has 4 nitrogen and oxygen atoms in total. The van der Waals surface area contributed by atoms with Gasteiger partial charge in [-0.25, -0.2) is 4.79 Å². The highest BCUT2D eigenvalue weighted by molar-refractivity contribution is 8.13. The molecule has 68 valence electrons.